The summed E-state index contributed by atoms with van der Waals surface area (Å²) in [5, 5.41) is 0.281. The van der Waals surface area contributed by atoms with E-state index in [0.717, 1.165) is 6.20 Å². The monoisotopic (exact) mass is 285 g/mol. The summed E-state index contributed by atoms with van der Waals surface area (Å²) in [4.78, 5) is 3.68. The van der Waals surface area contributed by atoms with Crippen molar-refractivity contribution in [2.45, 2.75) is 19.6 Å². The molecule has 0 aliphatic carbocycles. The van der Waals surface area contributed by atoms with Crippen molar-refractivity contribution in [1.82, 2.24) is 4.98 Å². The number of hydrogen-bond acceptors (Lipinski definition) is 1. The van der Waals surface area contributed by atoms with Gasteiger partial charge in [0, 0.05) is 0 Å². The van der Waals surface area contributed by atoms with Gasteiger partial charge in [-0.1, -0.05) is 0 Å². The van der Waals surface area contributed by atoms with Crippen molar-refractivity contribution in [1.29, 1.82) is 0 Å². The summed E-state index contributed by atoms with van der Waals surface area (Å²) in [6.07, 6.45) is 1.13. The molecule has 0 saturated carbocycles. The van der Waals surface area contributed by atoms with Gasteiger partial charge in [0.15, 0.2) is 0 Å². The van der Waals surface area contributed by atoms with Gasteiger partial charge in [-0.3, -0.25) is 0 Å². The van der Waals surface area contributed by atoms with E-state index in [0.29, 0.717) is 22.6 Å². The quantitative estimate of drug-likeness (QED) is 0.549. The molecule has 6 heteroatoms. The molecular weight excluding hydrogens is 277 g/mol. The van der Waals surface area contributed by atoms with Gasteiger partial charge in [0.05, 0.1) is 0 Å². The summed E-state index contributed by atoms with van der Waals surface area (Å²) in [6, 6.07) is 0. The van der Waals surface area contributed by atoms with Crippen LogP contribution >= 0.6 is 0 Å². The van der Waals surface area contributed by atoms with Crippen LogP contribution in [0, 0.1) is 11.6 Å². The van der Waals surface area contributed by atoms with Crippen molar-refractivity contribution in [3.8, 4) is 0 Å². The third kappa shape index (κ3) is 2.81. The van der Waals surface area contributed by atoms with Crippen LogP contribution in [0.1, 0.15) is 0 Å². The normalized spacial score (nSPS) is 11.1. The van der Waals surface area contributed by atoms with Crippen LogP contribution < -0.4 is 21.9 Å². The Morgan fingerprint density at radius 3 is 2.14 bits per heavy atom. The van der Waals surface area contributed by atoms with E-state index in [-0.39, 0.29) is 17.6 Å². The molecule has 0 spiro atoms. The molecule has 14 heavy (non-hydrogen) atoms. The first kappa shape index (κ1) is 14.1. The molecule has 0 N–H and O–H groups in total. The van der Waals surface area contributed by atoms with Gasteiger partial charge in [-0.15, -0.1) is 0 Å². The number of pyridine rings is 1. The molecule has 0 fully saturated rings. The minimum atomic E-state index is -1.92. The van der Waals surface area contributed by atoms with Crippen LogP contribution in [0.5, 0.6) is 0 Å². The molecule has 1 aromatic rings. The molecule has 0 aliphatic rings. The Morgan fingerprint density at radius 2 is 1.79 bits per heavy atom. The SMILES string of the molecule is C[Si](C)(C)c1c(F)cn[c]([Zn+])c1F.[Cl-]. The summed E-state index contributed by atoms with van der Waals surface area (Å²) >= 11 is 0.629. The predicted molar refractivity (Wildman–Crippen MR) is 46.8 cm³/mol. The second kappa shape index (κ2) is 4.77. The largest absolute Gasteiger partial charge is 1.00 e. The molecule has 1 heterocycles. The van der Waals surface area contributed by atoms with E-state index in [1.807, 2.05) is 19.6 Å². The smallest absolute Gasteiger partial charge is 1.00 e. The molecule has 0 radical (unpaired) electrons. The Bertz CT molecular complexity index is 341. The van der Waals surface area contributed by atoms with Crippen molar-refractivity contribution >= 4 is 17.5 Å². The number of hydrogen-bond donors (Lipinski definition) is 0. The van der Waals surface area contributed by atoms with Gasteiger partial charge in [0.1, 0.15) is 0 Å². The first-order valence-electron chi connectivity index (χ1n) is 4.00. The van der Waals surface area contributed by atoms with E-state index in [1.165, 1.54) is 0 Å². The average molecular weight is 287 g/mol. The van der Waals surface area contributed by atoms with Crippen LogP contribution in [0.3, 0.4) is 0 Å². The van der Waals surface area contributed by atoms with E-state index in [9.17, 15) is 8.78 Å². The Morgan fingerprint density at radius 1 is 1.29 bits per heavy atom. The van der Waals surface area contributed by atoms with Crippen molar-refractivity contribution in [2.24, 2.45) is 0 Å². The molecule has 0 aliphatic heterocycles. The Labute approximate surface area is 99.4 Å². The first-order valence-corrected chi connectivity index (χ1v) is 8.99. The zero-order valence-corrected chi connectivity index (χ0v) is 13.1. The number of halogens is 3. The summed E-state index contributed by atoms with van der Waals surface area (Å²) in [5.41, 5.74) is 0. The fourth-order valence-electron chi connectivity index (χ4n) is 1.19. The molecule has 1 rings (SSSR count). The zero-order chi connectivity index (χ0) is 10.2. The first-order chi connectivity index (χ1) is 5.84. The fourth-order valence-corrected chi connectivity index (χ4v) is 3.71. The Balaban J connectivity index is 0.00000169. The fraction of sp³-hybridized carbons (Fsp3) is 0.375. The number of nitrogens with zero attached hydrogens (tertiary/aromatic N) is 1. The van der Waals surface area contributed by atoms with Crippen LogP contribution in [0.2, 0.25) is 19.6 Å². The van der Waals surface area contributed by atoms with Gasteiger partial charge in [0.25, 0.3) is 0 Å². The molecule has 1 aromatic heterocycles. The third-order valence-electron chi connectivity index (χ3n) is 1.80. The minimum absolute atomic E-state index is 0. The van der Waals surface area contributed by atoms with Gasteiger partial charge in [-0.05, 0) is 0 Å². The maximum atomic E-state index is 13.5. The number of rotatable bonds is 1. The third-order valence-corrected chi connectivity index (χ3v) is 4.79. The standard InChI is InChI=1S/C8H10F2NSi.ClH.Zn/c1-12(2,3)8-6(9)4-11-5-7(8)10;;/h4H,1-3H3;1H;/q;;+1/p-1. The van der Waals surface area contributed by atoms with Crippen LogP contribution in [0.15, 0.2) is 6.20 Å². The average Bonchev–Trinajstić information content (AvgIpc) is 1.95. The number of aromatic nitrogens is 1. The summed E-state index contributed by atoms with van der Waals surface area (Å²) < 4.78 is 27.2. The Kier molecular flexibility index (Phi) is 4.82. The predicted octanol–water partition coefficient (Wildman–Crippen LogP) is -1.92. The molecule has 74 valence electrons. The van der Waals surface area contributed by atoms with Gasteiger partial charge in [-0.25, -0.2) is 0 Å². The van der Waals surface area contributed by atoms with Gasteiger partial charge in [-0.2, -0.15) is 0 Å². The van der Waals surface area contributed by atoms with Crippen molar-refractivity contribution in [3.63, 3.8) is 0 Å². The van der Waals surface area contributed by atoms with Crippen molar-refractivity contribution in [2.75, 3.05) is 0 Å². The van der Waals surface area contributed by atoms with Gasteiger partial charge >= 0.3 is 87.1 Å². The van der Waals surface area contributed by atoms with Crippen LogP contribution in [0.25, 0.3) is 0 Å². The van der Waals surface area contributed by atoms with E-state index < -0.39 is 19.7 Å². The molecule has 0 unspecified atom stereocenters. The molecule has 0 atom stereocenters. The van der Waals surface area contributed by atoms with Crippen molar-refractivity contribution in [3.05, 3.63) is 17.8 Å². The molecular formula is C8H10ClF2NSiZn. The summed E-state index contributed by atoms with van der Waals surface area (Å²) in [6.45, 7) is 5.77. The summed E-state index contributed by atoms with van der Waals surface area (Å²) in [5.74, 6) is -0.909. The maximum Gasteiger partial charge on any atom is -1.00 e. The van der Waals surface area contributed by atoms with Gasteiger partial charge in [0.2, 0.25) is 0 Å². The molecule has 0 saturated heterocycles. The molecule has 0 bridgehead atoms. The zero-order valence-electron chi connectivity index (χ0n) is 8.37. The molecule has 0 aromatic carbocycles. The van der Waals surface area contributed by atoms with E-state index in [4.69, 9.17) is 0 Å². The molecule has 0 amide bonds. The second-order valence-corrected chi connectivity index (χ2v) is 10.4. The van der Waals surface area contributed by atoms with Gasteiger partial charge < -0.3 is 12.4 Å². The molecule has 1 nitrogen and oxygen atoms in total. The van der Waals surface area contributed by atoms with Crippen LogP contribution in [-0.4, -0.2) is 13.1 Å². The minimum Gasteiger partial charge on any atom is -1.00 e. The second-order valence-electron chi connectivity index (χ2n) is 3.99. The van der Waals surface area contributed by atoms with Crippen LogP contribution in [-0.2, 0) is 18.3 Å². The van der Waals surface area contributed by atoms with E-state index >= 15 is 0 Å². The summed E-state index contributed by atoms with van der Waals surface area (Å²) in [7, 11) is -1.92. The van der Waals surface area contributed by atoms with E-state index in [1.54, 1.807) is 0 Å². The maximum absolute atomic E-state index is 13.5. The van der Waals surface area contributed by atoms with Crippen molar-refractivity contribution < 1.29 is 39.5 Å². The topological polar surface area (TPSA) is 12.9 Å². The Hall–Kier alpha value is 0.140. The van der Waals surface area contributed by atoms with E-state index in [2.05, 4.69) is 4.98 Å². The van der Waals surface area contributed by atoms with Crippen LogP contribution in [0.4, 0.5) is 8.78 Å².